The number of hydrogen-bond donors (Lipinski definition) is 1. The number of nitro groups is 1. The molecule has 0 radical (unpaired) electrons. The Hall–Kier alpha value is -3.35. The van der Waals surface area contributed by atoms with Crippen molar-refractivity contribution in [1.29, 1.82) is 0 Å². The molecule has 0 aliphatic carbocycles. The van der Waals surface area contributed by atoms with Crippen molar-refractivity contribution in [2.45, 2.75) is 6.04 Å². The second-order valence-electron chi connectivity index (χ2n) is 5.52. The summed E-state index contributed by atoms with van der Waals surface area (Å²) >= 11 is 0. The number of rotatable bonds is 6. The number of non-ortho nitro benzene ring substituents is 1. The fraction of sp³-hybridized carbons (Fsp3) is 0.167. The first-order valence-electron chi connectivity index (χ1n) is 7.71. The van der Waals surface area contributed by atoms with Crippen molar-refractivity contribution >= 4 is 11.4 Å². The summed E-state index contributed by atoms with van der Waals surface area (Å²) in [6.07, 6.45) is 3.60. The van der Waals surface area contributed by atoms with Gasteiger partial charge in [-0.1, -0.05) is 18.2 Å². The van der Waals surface area contributed by atoms with E-state index >= 15 is 0 Å². The number of anilines is 1. The summed E-state index contributed by atoms with van der Waals surface area (Å²) < 4.78 is 7.41. The van der Waals surface area contributed by atoms with E-state index in [1.165, 1.54) is 12.1 Å². The highest BCUT2D eigenvalue weighted by molar-refractivity contribution is 5.53. The van der Waals surface area contributed by atoms with E-state index < -0.39 is 4.92 Å². The molecule has 2 aromatic carbocycles. The van der Waals surface area contributed by atoms with Crippen molar-refractivity contribution in [2.24, 2.45) is 7.05 Å². The Morgan fingerprint density at radius 1 is 1.20 bits per heavy atom. The van der Waals surface area contributed by atoms with E-state index in [1.54, 1.807) is 25.4 Å². The lowest BCUT2D eigenvalue weighted by Crippen LogP contribution is -2.17. The number of benzene rings is 2. The molecule has 3 aromatic rings. The Kier molecular flexibility index (Phi) is 4.65. The average Bonchev–Trinajstić information content (AvgIpc) is 3.06. The van der Waals surface area contributed by atoms with E-state index in [2.05, 4.69) is 10.3 Å². The normalized spacial score (nSPS) is 11.8. The molecule has 1 unspecified atom stereocenters. The van der Waals surface area contributed by atoms with Crippen molar-refractivity contribution in [3.8, 4) is 5.75 Å². The van der Waals surface area contributed by atoms with Gasteiger partial charge >= 0.3 is 0 Å². The number of aromatic nitrogens is 2. The third-order valence-electron chi connectivity index (χ3n) is 3.96. The Balaban J connectivity index is 2.00. The SMILES string of the molecule is COc1ccccc1C(Nc1ccc([N+](=O)[O-])cc1)c1nccn1C. The summed E-state index contributed by atoms with van der Waals surface area (Å²) in [7, 11) is 3.54. The number of nitro benzene ring substituents is 1. The van der Waals surface area contributed by atoms with Crippen molar-refractivity contribution < 1.29 is 9.66 Å². The summed E-state index contributed by atoms with van der Waals surface area (Å²) in [6, 6.07) is 13.7. The lowest BCUT2D eigenvalue weighted by molar-refractivity contribution is -0.384. The minimum atomic E-state index is -0.416. The Morgan fingerprint density at radius 2 is 1.92 bits per heavy atom. The highest BCUT2D eigenvalue weighted by atomic mass is 16.6. The third kappa shape index (κ3) is 3.45. The van der Waals surface area contributed by atoms with Crippen LogP contribution in [0.25, 0.3) is 0 Å². The fourth-order valence-electron chi connectivity index (χ4n) is 2.69. The Morgan fingerprint density at radius 3 is 2.52 bits per heavy atom. The molecule has 128 valence electrons. The van der Waals surface area contributed by atoms with Gasteiger partial charge in [0, 0.05) is 42.8 Å². The zero-order valence-corrected chi connectivity index (χ0v) is 13.9. The first-order chi connectivity index (χ1) is 12.1. The molecule has 1 aromatic heterocycles. The predicted octanol–water partition coefficient (Wildman–Crippen LogP) is 3.54. The number of aryl methyl sites for hydroxylation is 1. The van der Waals surface area contributed by atoms with Crippen LogP contribution in [0.2, 0.25) is 0 Å². The molecule has 1 N–H and O–H groups in total. The van der Waals surface area contributed by atoms with E-state index in [-0.39, 0.29) is 11.7 Å². The van der Waals surface area contributed by atoms with Gasteiger partial charge in [0.2, 0.25) is 0 Å². The maximum absolute atomic E-state index is 10.8. The van der Waals surface area contributed by atoms with Gasteiger partial charge in [0.25, 0.3) is 5.69 Å². The fourth-order valence-corrected chi connectivity index (χ4v) is 2.69. The average molecular weight is 338 g/mol. The molecule has 0 saturated carbocycles. The van der Waals surface area contributed by atoms with Crippen molar-refractivity contribution in [1.82, 2.24) is 9.55 Å². The van der Waals surface area contributed by atoms with Crippen LogP contribution in [0.3, 0.4) is 0 Å². The van der Waals surface area contributed by atoms with Crippen LogP contribution in [-0.4, -0.2) is 21.6 Å². The zero-order chi connectivity index (χ0) is 17.8. The first-order valence-corrected chi connectivity index (χ1v) is 7.71. The van der Waals surface area contributed by atoms with Crippen LogP contribution in [-0.2, 0) is 7.05 Å². The molecule has 0 aliphatic heterocycles. The number of ether oxygens (including phenoxy) is 1. The number of para-hydroxylation sites is 1. The minimum Gasteiger partial charge on any atom is -0.496 e. The summed E-state index contributed by atoms with van der Waals surface area (Å²) in [6.45, 7) is 0. The predicted molar refractivity (Wildman–Crippen MR) is 94.8 cm³/mol. The molecule has 1 heterocycles. The highest BCUT2D eigenvalue weighted by Crippen LogP contribution is 2.32. The quantitative estimate of drug-likeness (QED) is 0.549. The number of hydrogen-bond acceptors (Lipinski definition) is 5. The topological polar surface area (TPSA) is 82.2 Å². The summed E-state index contributed by atoms with van der Waals surface area (Å²) in [5.74, 6) is 1.55. The second-order valence-corrected chi connectivity index (χ2v) is 5.52. The van der Waals surface area contributed by atoms with Crippen LogP contribution >= 0.6 is 0 Å². The molecular weight excluding hydrogens is 320 g/mol. The monoisotopic (exact) mass is 338 g/mol. The number of nitrogens with zero attached hydrogens (tertiary/aromatic N) is 3. The maximum Gasteiger partial charge on any atom is 0.269 e. The van der Waals surface area contributed by atoms with Crippen LogP contribution in [0.1, 0.15) is 17.4 Å². The van der Waals surface area contributed by atoms with Gasteiger partial charge in [-0.3, -0.25) is 10.1 Å². The first kappa shape index (κ1) is 16.5. The molecule has 0 fully saturated rings. The molecular formula is C18H18N4O3. The van der Waals surface area contributed by atoms with Gasteiger partial charge in [0.15, 0.2) is 0 Å². The summed E-state index contributed by atoms with van der Waals surface area (Å²) in [5, 5.41) is 14.2. The minimum absolute atomic E-state index is 0.0522. The summed E-state index contributed by atoms with van der Waals surface area (Å²) in [4.78, 5) is 14.9. The molecule has 1 atom stereocenters. The van der Waals surface area contributed by atoms with Gasteiger partial charge in [0.1, 0.15) is 17.6 Å². The molecule has 7 heteroatoms. The number of imidazole rings is 1. The van der Waals surface area contributed by atoms with Crippen molar-refractivity contribution in [2.75, 3.05) is 12.4 Å². The molecule has 0 aliphatic rings. The highest BCUT2D eigenvalue weighted by Gasteiger charge is 2.22. The van der Waals surface area contributed by atoms with Crippen molar-refractivity contribution in [3.63, 3.8) is 0 Å². The maximum atomic E-state index is 10.8. The van der Waals surface area contributed by atoms with E-state index in [0.29, 0.717) is 0 Å². The van der Waals surface area contributed by atoms with E-state index in [4.69, 9.17) is 4.74 Å². The van der Waals surface area contributed by atoms with Gasteiger partial charge in [0.05, 0.1) is 12.0 Å². The molecule has 25 heavy (non-hydrogen) atoms. The Bertz CT molecular complexity index is 874. The molecule has 0 amide bonds. The van der Waals surface area contributed by atoms with Gasteiger partial charge < -0.3 is 14.6 Å². The van der Waals surface area contributed by atoms with E-state index in [9.17, 15) is 10.1 Å². The van der Waals surface area contributed by atoms with Gasteiger partial charge in [-0.25, -0.2) is 4.98 Å². The molecule has 0 spiro atoms. The van der Waals surface area contributed by atoms with E-state index in [0.717, 1.165) is 22.8 Å². The van der Waals surface area contributed by atoms with Gasteiger partial charge in [-0.15, -0.1) is 0 Å². The Labute approximate surface area is 145 Å². The molecule has 0 bridgehead atoms. The van der Waals surface area contributed by atoms with Gasteiger partial charge in [-0.2, -0.15) is 0 Å². The van der Waals surface area contributed by atoms with Crippen LogP contribution in [0.4, 0.5) is 11.4 Å². The zero-order valence-electron chi connectivity index (χ0n) is 13.9. The van der Waals surface area contributed by atoms with Crippen LogP contribution < -0.4 is 10.1 Å². The third-order valence-corrected chi connectivity index (χ3v) is 3.96. The van der Waals surface area contributed by atoms with Gasteiger partial charge in [-0.05, 0) is 18.2 Å². The van der Waals surface area contributed by atoms with Crippen molar-refractivity contribution in [3.05, 3.63) is 82.4 Å². The molecule has 7 nitrogen and oxygen atoms in total. The molecule has 3 rings (SSSR count). The van der Waals surface area contributed by atoms with Crippen LogP contribution in [0.5, 0.6) is 5.75 Å². The van der Waals surface area contributed by atoms with E-state index in [1.807, 2.05) is 42.1 Å². The van der Waals surface area contributed by atoms with Crippen LogP contribution in [0.15, 0.2) is 60.9 Å². The standard InChI is InChI=1S/C18H18N4O3/c1-21-12-11-19-18(21)17(15-5-3-4-6-16(15)25-2)20-13-7-9-14(10-8-13)22(23)24/h3-12,17,20H,1-2H3. The lowest BCUT2D eigenvalue weighted by atomic mass is 10.0. The largest absolute Gasteiger partial charge is 0.496 e. The van der Waals surface area contributed by atoms with Crippen LogP contribution in [0, 0.1) is 10.1 Å². The molecule has 0 saturated heterocycles. The number of methoxy groups -OCH3 is 1. The summed E-state index contributed by atoms with van der Waals surface area (Å²) in [5.41, 5.74) is 1.73. The number of nitrogens with one attached hydrogen (secondary N) is 1. The second kappa shape index (κ2) is 7.04. The smallest absolute Gasteiger partial charge is 0.269 e. The lowest BCUT2D eigenvalue weighted by Gasteiger charge is -2.22.